The van der Waals surface area contributed by atoms with Gasteiger partial charge in [0.25, 0.3) is 11.8 Å². The molecule has 2 aliphatic rings. The van der Waals surface area contributed by atoms with Crippen LogP contribution in [0.2, 0.25) is 0 Å². The van der Waals surface area contributed by atoms with Gasteiger partial charge >= 0.3 is 0 Å². The van der Waals surface area contributed by atoms with Crippen LogP contribution in [-0.2, 0) is 21.7 Å². The van der Waals surface area contributed by atoms with Crippen molar-refractivity contribution in [1.29, 1.82) is 0 Å². The lowest BCUT2D eigenvalue weighted by Crippen LogP contribution is -2.55. The molecule has 1 spiro atoms. The molecule has 1 aromatic heterocycles. The number of nitrogens with one attached hydrogen (secondary N) is 1. The largest absolute Gasteiger partial charge is 0.497 e. The Balaban J connectivity index is 1.48. The Morgan fingerprint density at radius 1 is 1.32 bits per heavy atom. The predicted octanol–water partition coefficient (Wildman–Crippen LogP) is 2.19. The quantitative estimate of drug-likeness (QED) is 0.792. The normalized spacial score (nSPS) is 19.9. The summed E-state index contributed by atoms with van der Waals surface area (Å²) in [4.78, 5) is 32.1. The number of benzene rings is 1. The van der Waals surface area contributed by atoms with E-state index in [2.05, 4.69) is 24.1 Å². The molecule has 8 nitrogen and oxygen atoms in total. The molecule has 1 aromatic carbocycles. The third-order valence-electron chi connectivity index (χ3n) is 6.01. The van der Waals surface area contributed by atoms with E-state index >= 15 is 0 Å². The van der Waals surface area contributed by atoms with E-state index in [1.54, 1.807) is 25.4 Å². The van der Waals surface area contributed by atoms with E-state index in [1.165, 1.54) is 0 Å². The van der Waals surface area contributed by atoms with Crippen LogP contribution in [0.15, 0.2) is 36.7 Å². The monoisotopic (exact) mass is 426 g/mol. The third kappa shape index (κ3) is 4.30. The molecule has 1 saturated heterocycles. The maximum Gasteiger partial charge on any atom is 0.253 e. The van der Waals surface area contributed by atoms with Gasteiger partial charge in [-0.15, -0.1) is 0 Å². The fraction of sp³-hybridized carbons (Fsp3) is 0.522. The summed E-state index contributed by atoms with van der Waals surface area (Å²) in [6.07, 6.45) is 4.26. The SMILES string of the molecule is COc1cccc(C(=O)N2CCC3(CC2)O[C@@H](C(=O)NCC(C)C)Cn2ccnc23)c1. The number of rotatable bonds is 5. The van der Waals surface area contributed by atoms with Crippen LogP contribution in [0, 0.1) is 5.92 Å². The molecule has 3 heterocycles. The summed E-state index contributed by atoms with van der Waals surface area (Å²) in [5.74, 6) is 1.75. The molecule has 0 unspecified atom stereocenters. The zero-order valence-corrected chi connectivity index (χ0v) is 18.3. The fourth-order valence-electron chi connectivity index (χ4n) is 4.30. The fourth-order valence-corrected chi connectivity index (χ4v) is 4.30. The van der Waals surface area contributed by atoms with E-state index < -0.39 is 11.7 Å². The van der Waals surface area contributed by atoms with Gasteiger partial charge in [0.2, 0.25) is 0 Å². The second-order valence-electron chi connectivity index (χ2n) is 8.67. The van der Waals surface area contributed by atoms with Crippen LogP contribution in [0.5, 0.6) is 5.75 Å². The summed E-state index contributed by atoms with van der Waals surface area (Å²) in [5.41, 5.74) is -0.0560. The van der Waals surface area contributed by atoms with Crippen molar-refractivity contribution in [3.05, 3.63) is 48.0 Å². The summed E-state index contributed by atoms with van der Waals surface area (Å²) in [5, 5.41) is 2.98. The van der Waals surface area contributed by atoms with E-state index in [-0.39, 0.29) is 11.8 Å². The number of carbonyl (C=O) groups is 2. The van der Waals surface area contributed by atoms with Crippen molar-refractivity contribution in [2.45, 2.75) is 44.9 Å². The Labute approximate surface area is 182 Å². The molecule has 2 aromatic rings. The molecular formula is C23H30N4O4. The number of hydrogen-bond acceptors (Lipinski definition) is 5. The van der Waals surface area contributed by atoms with E-state index in [0.717, 1.165) is 5.82 Å². The van der Waals surface area contributed by atoms with Crippen molar-refractivity contribution >= 4 is 11.8 Å². The minimum atomic E-state index is -0.660. The van der Waals surface area contributed by atoms with Crippen molar-refractivity contribution in [3.8, 4) is 5.75 Å². The van der Waals surface area contributed by atoms with Crippen molar-refractivity contribution < 1.29 is 19.1 Å². The number of nitrogens with zero attached hydrogens (tertiary/aromatic N) is 3. The Morgan fingerprint density at radius 3 is 2.81 bits per heavy atom. The maximum atomic E-state index is 13.0. The molecule has 4 rings (SSSR count). The molecule has 31 heavy (non-hydrogen) atoms. The van der Waals surface area contributed by atoms with E-state index in [1.807, 2.05) is 27.8 Å². The van der Waals surface area contributed by atoms with Gasteiger partial charge in [-0.05, 0) is 24.1 Å². The van der Waals surface area contributed by atoms with Crippen molar-refractivity contribution in [3.63, 3.8) is 0 Å². The molecule has 1 atom stereocenters. The lowest BCUT2D eigenvalue weighted by molar-refractivity contribution is -0.172. The average Bonchev–Trinajstić information content (AvgIpc) is 3.27. The Hall–Kier alpha value is -2.87. The first-order chi connectivity index (χ1) is 14.9. The van der Waals surface area contributed by atoms with Crippen molar-refractivity contribution in [1.82, 2.24) is 19.8 Å². The molecule has 1 N–H and O–H groups in total. The van der Waals surface area contributed by atoms with Crippen LogP contribution in [0.25, 0.3) is 0 Å². The Bertz CT molecular complexity index is 947. The minimum Gasteiger partial charge on any atom is -0.497 e. The third-order valence-corrected chi connectivity index (χ3v) is 6.01. The molecule has 8 heteroatoms. The highest BCUT2D eigenvalue weighted by Crippen LogP contribution is 2.40. The number of carbonyl (C=O) groups excluding carboxylic acids is 2. The number of likely N-dealkylation sites (tertiary alicyclic amines) is 1. The van der Waals surface area contributed by atoms with Gasteiger partial charge in [0.1, 0.15) is 17.2 Å². The number of ether oxygens (including phenoxy) is 2. The van der Waals surface area contributed by atoms with Crippen molar-refractivity contribution in [2.24, 2.45) is 5.92 Å². The summed E-state index contributed by atoms with van der Waals surface area (Å²) < 4.78 is 13.7. The first kappa shape index (κ1) is 21.4. The number of fused-ring (bicyclic) bond motifs is 2. The highest BCUT2D eigenvalue weighted by molar-refractivity contribution is 5.94. The van der Waals surface area contributed by atoms with E-state index in [9.17, 15) is 9.59 Å². The van der Waals surface area contributed by atoms with Gasteiger partial charge in [-0.3, -0.25) is 9.59 Å². The average molecular weight is 427 g/mol. The molecule has 1 fully saturated rings. The van der Waals surface area contributed by atoms with Gasteiger partial charge in [0.05, 0.1) is 13.7 Å². The van der Waals surface area contributed by atoms with Gasteiger partial charge in [-0.2, -0.15) is 0 Å². The molecular weight excluding hydrogens is 396 g/mol. The predicted molar refractivity (Wildman–Crippen MR) is 115 cm³/mol. The molecule has 0 saturated carbocycles. The number of hydrogen-bond donors (Lipinski definition) is 1. The van der Waals surface area contributed by atoms with E-state index in [0.29, 0.717) is 56.3 Å². The van der Waals surface area contributed by atoms with Gasteiger partial charge in [-0.25, -0.2) is 4.98 Å². The van der Waals surface area contributed by atoms with Crippen LogP contribution in [0.1, 0.15) is 42.9 Å². The number of aromatic nitrogens is 2. The first-order valence-corrected chi connectivity index (χ1v) is 10.8. The van der Waals surface area contributed by atoms with Crippen LogP contribution in [0.4, 0.5) is 0 Å². The van der Waals surface area contributed by atoms with Crippen LogP contribution in [-0.4, -0.2) is 59.1 Å². The number of imidazole rings is 1. The molecule has 2 aliphatic heterocycles. The molecule has 166 valence electrons. The van der Waals surface area contributed by atoms with Crippen LogP contribution >= 0.6 is 0 Å². The van der Waals surface area contributed by atoms with Gasteiger partial charge < -0.3 is 24.3 Å². The Kier molecular flexibility index (Phi) is 6.00. The zero-order valence-electron chi connectivity index (χ0n) is 18.3. The summed E-state index contributed by atoms with van der Waals surface area (Å²) in [6.45, 7) is 6.25. The second-order valence-corrected chi connectivity index (χ2v) is 8.67. The van der Waals surface area contributed by atoms with Crippen LogP contribution in [0.3, 0.4) is 0 Å². The molecule has 0 bridgehead atoms. The number of methoxy groups -OCH3 is 1. The second kappa shape index (κ2) is 8.70. The highest BCUT2D eigenvalue weighted by atomic mass is 16.5. The van der Waals surface area contributed by atoms with Gasteiger partial charge in [0, 0.05) is 50.4 Å². The van der Waals surface area contributed by atoms with Gasteiger partial charge in [0.15, 0.2) is 6.10 Å². The first-order valence-electron chi connectivity index (χ1n) is 10.8. The van der Waals surface area contributed by atoms with Crippen LogP contribution < -0.4 is 10.1 Å². The standard InChI is InChI=1S/C23H30N4O4/c1-16(2)14-25-20(28)19-15-27-12-9-24-22(27)23(31-19)7-10-26(11-8-23)21(29)17-5-4-6-18(13-17)30-3/h4-6,9,12-13,16,19H,7-8,10-11,14-15H2,1-3H3,(H,25,28)/t19-/m1/s1. The van der Waals surface area contributed by atoms with Crippen molar-refractivity contribution in [2.75, 3.05) is 26.7 Å². The summed E-state index contributed by atoms with van der Waals surface area (Å²) >= 11 is 0. The smallest absolute Gasteiger partial charge is 0.253 e. The lowest BCUT2D eigenvalue weighted by atomic mass is 9.88. The maximum absolute atomic E-state index is 13.0. The lowest BCUT2D eigenvalue weighted by Gasteiger charge is -2.45. The minimum absolute atomic E-state index is 0.0286. The van der Waals surface area contributed by atoms with E-state index in [4.69, 9.17) is 9.47 Å². The molecule has 0 aliphatic carbocycles. The molecule has 0 radical (unpaired) electrons. The zero-order chi connectivity index (χ0) is 22.0. The Morgan fingerprint density at radius 2 is 2.10 bits per heavy atom. The number of amides is 2. The number of piperidine rings is 1. The van der Waals surface area contributed by atoms with Gasteiger partial charge in [-0.1, -0.05) is 19.9 Å². The topological polar surface area (TPSA) is 85.7 Å². The molecule has 2 amide bonds. The summed E-state index contributed by atoms with van der Waals surface area (Å²) in [7, 11) is 1.59. The highest BCUT2D eigenvalue weighted by Gasteiger charge is 2.47. The summed E-state index contributed by atoms with van der Waals surface area (Å²) in [6, 6.07) is 7.20.